The summed E-state index contributed by atoms with van der Waals surface area (Å²) in [6.07, 6.45) is 0. The molecule has 0 amide bonds. The highest BCUT2D eigenvalue weighted by Crippen LogP contribution is 2.45. The minimum Gasteiger partial charge on any atom is -0.160 e. The number of rotatable bonds is 4. The van der Waals surface area contributed by atoms with Crippen LogP contribution in [0.5, 0.6) is 0 Å². The normalized spacial score (nSPS) is 14.6. The highest BCUT2D eigenvalue weighted by Gasteiger charge is 2.36. The summed E-state index contributed by atoms with van der Waals surface area (Å²) < 4.78 is 73.0. The topological polar surface area (TPSA) is 0 Å². The van der Waals surface area contributed by atoms with Gasteiger partial charge in [-0.3, -0.25) is 0 Å². The molecule has 0 spiro atoms. The lowest BCUT2D eigenvalue weighted by atomic mass is 10.2. The molecule has 0 saturated carbocycles. The molecule has 0 saturated heterocycles. The Morgan fingerprint density at radius 3 is 1.89 bits per heavy atom. The fourth-order valence-corrected chi connectivity index (χ4v) is 2.82. The van der Waals surface area contributed by atoms with Gasteiger partial charge in [0.15, 0.2) is 0 Å². The molecule has 1 atom stereocenters. The van der Waals surface area contributed by atoms with Crippen LogP contribution in [0, 0.1) is 0 Å². The van der Waals surface area contributed by atoms with E-state index in [4.69, 9.17) is 0 Å². The fourth-order valence-electron chi connectivity index (χ4n) is 1.20. The molecule has 0 fully saturated rings. The van der Waals surface area contributed by atoms with Crippen LogP contribution in [0.2, 0.25) is 0 Å². The zero-order valence-electron chi connectivity index (χ0n) is 8.76. The van der Waals surface area contributed by atoms with E-state index in [2.05, 4.69) is 0 Å². The first-order valence-electron chi connectivity index (χ1n) is 4.67. The van der Waals surface area contributed by atoms with Crippen LogP contribution in [-0.4, -0.2) is 16.8 Å². The van der Waals surface area contributed by atoms with E-state index in [9.17, 15) is 26.3 Å². The lowest BCUT2D eigenvalue weighted by molar-refractivity contribution is -0.0350. The average molecular weight is 306 g/mol. The molecule has 0 aromatic heterocycles. The van der Waals surface area contributed by atoms with Crippen molar-refractivity contribution in [1.82, 2.24) is 0 Å². The zero-order valence-corrected chi connectivity index (χ0v) is 10.4. The zero-order chi connectivity index (χ0) is 13.8. The van der Waals surface area contributed by atoms with E-state index >= 15 is 0 Å². The average Bonchev–Trinajstić information content (AvgIpc) is 2.23. The summed E-state index contributed by atoms with van der Waals surface area (Å²) in [7, 11) is 0. The van der Waals surface area contributed by atoms with Crippen LogP contribution in [0.4, 0.5) is 26.3 Å². The number of halogens is 6. The summed E-state index contributed by atoms with van der Waals surface area (Å²) in [4.78, 5) is 0. The summed E-state index contributed by atoms with van der Waals surface area (Å²) >= 11 is -0.869. The predicted octanol–water partition coefficient (Wildman–Crippen LogP) is 5.23. The van der Waals surface area contributed by atoms with Crippen molar-refractivity contribution in [3.63, 3.8) is 0 Å². The van der Waals surface area contributed by atoms with Crippen LogP contribution in [0.15, 0.2) is 30.3 Å². The van der Waals surface area contributed by atoms with Gasteiger partial charge in [0.25, 0.3) is 0 Å². The third-order valence-corrected chi connectivity index (χ3v) is 3.87. The van der Waals surface area contributed by atoms with E-state index in [1.54, 1.807) is 6.07 Å². The van der Waals surface area contributed by atoms with E-state index in [1.165, 1.54) is 24.3 Å². The van der Waals surface area contributed by atoms with Crippen LogP contribution < -0.4 is 0 Å². The van der Waals surface area contributed by atoms with E-state index in [1.807, 2.05) is 0 Å². The minimum absolute atomic E-state index is 0.233. The molecule has 102 valence electrons. The Hall–Kier alpha value is -0.500. The van der Waals surface area contributed by atoms with Crippen LogP contribution in [-0.2, 0) is 0 Å². The Labute approximate surface area is 108 Å². The maximum atomic E-state index is 12.3. The summed E-state index contributed by atoms with van der Waals surface area (Å²) in [6.45, 7) is 0. The van der Waals surface area contributed by atoms with Crippen LogP contribution in [0.1, 0.15) is 10.8 Å². The smallest absolute Gasteiger partial charge is 0.160 e. The first kappa shape index (κ1) is 15.6. The number of alkyl halides is 6. The van der Waals surface area contributed by atoms with E-state index < -0.39 is 45.5 Å². The van der Waals surface area contributed by atoms with Gasteiger partial charge < -0.3 is 0 Å². The van der Waals surface area contributed by atoms with Gasteiger partial charge in [-0.05, 0) is 29.1 Å². The second-order valence-electron chi connectivity index (χ2n) is 3.22. The molecule has 0 radical (unpaired) electrons. The molecule has 8 heteroatoms. The van der Waals surface area contributed by atoms with E-state index in [-0.39, 0.29) is 5.56 Å². The molecule has 1 aromatic carbocycles. The number of hydrogen-bond acceptors (Lipinski definition) is 2. The lowest BCUT2D eigenvalue weighted by Crippen LogP contribution is -2.11. The van der Waals surface area contributed by atoms with Crippen LogP contribution in [0.3, 0.4) is 0 Å². The van der Waals surface area contributed by atoms with Crippen LogP contribution in [0.25, 0.3) is 0 Å². The summed E-state index contributed by atoms with van der Waals surface area (Å²) in [6, 6.07) is 7.37. The second kappa shape index (κ2) is 6.10. The Balaban J connectivity index is 2.76. The Kier molecular flexibility index (Phi) is 5.27. The Bertz CT molecular complexity index is 359. The molecule has 0 aliphatic heterocycles. The lowest BCUT2D eigenvalue weighted by Gasteiger charge is -2.18. The molecule has 0 heterocycles. The summed E-state index contributed by atoms with van der Waals surface area (Å²) in [5.41, 5.74) is -8.86. The van der Waals surface area contributed by atoms with Crippen molar-refractivity contribution >= 4 is 23.5 Å². The third kappa shape index (κ3) is 6.44. The van der Waals surface area contributed by atoms with E-state index in [0.29, 0.717) is 0 Å². The van der Waals surface area contributed by atoms with Crippen LogP contribution >= 0.6 is 23.5 Å². The standard InChI is InChI=1S/C10H8F6S2/c11-9(12,13)17-6-8(18-10(14,15)16)7-4-2-1-3-5-7/h1-5,8H,6H2. The van der Waals surface area contributed by atoms with Crippen molar-refractivity contribution in [2.24, 2.45) is 0 Å². The predicted molar refractivity (Wildman–Crippen MR) is 61.3 cm³/mol. The molecule has 1 aromatic rings. The van der Waals surface area contributed by atoms with Crippen molar-refractivity contribution in [2.75, 3.05) is 5.75 Å². The molecule has 0 nitrogen and oxygen atoms in total. The fraction of sp³-hybridized carbons (Fsp3) is 0.400. The number of benzene rings is 1. The van der Waals surface area contributed by atoms with Crippen molar-refractivity contribution in [3.8, 4) is 0 Å². The molecular weight excluding hydrogens is 298 g/mol. The third-order valence-electron chi connectivity index (χ3n) is 1.85. The van der Waals surface area contributed by atoms with Gasteiger partial charge in [-0.1, -0.05) is 30.3 Å². The van der Waals surface area contributed by atoms with Crippen molar-refractivity contribution in [2.45, 2.75) is 16.3 Å². The largest absolute Gasteiger partial charge is 0.442 e. The van der Waals surface area contributed by atoms with Gasteiger partial charge in [-0.15, -0.1) is 0 Å². The molecule has 1 unspecified atom stereocenters. The van der Waals surface area contributed by atoms with Gasteiger partial charge in [0.1, 0.15) is 0 Å². The number of thioether (sulfide) groups is 2. The molecule has 0 aliphatic rings. The quantitative estimate of drug-likeness (QED) is 0.698. The van der Waals surface area contributed by atoms with Gasteiger partial charge in [-0.2, -0.15) is 26.3 Å². The van der Waals surface area contributed by atoms with Gasteiger partial charge in [0.2, 0.25) is 0 Å². The molecular formula is C10H8F6S2. The highest BCUT2D eigenvalue weighted by molar-refractivity contribution is 8.03. The van der Waals surface area contributed by atoms with Gasteiger partial charge in [0.05, 0.1) is 0 Å². The minimum atomic E-state index is -4.56. The maximum Gasteiger partial charge on any atom is 0.442 e. The molecule has 1 rings (SSSR count). The van der Waals surface area contributed by atoms with Crippen molar-refractivity contribution < 1.29 is 26.3 Å². The second-order valence-corrected chi connectivity index (χ2v) is 5.57. The number of hydrogen-bond donors (Lipinski definition) is 0. The Morgan fingerprint density at radius 1 is 0.889 bits per heavy atom. The van der Waals surface area contributed by atoms with Gasteiger partial charge in [0, 0.05) is 11.0 Å². The molecule has 0 bridgehead atoms. The molecule has 0 N–H and O–H groups in total. The molecule has 0 aliphatic carbocycles. The first-order chi connectivity index (χ1) is 8.17. The van der Waals surface area contributed by atoms with Crippen molar-refractivity contribution in [1.29, 1.82) is 0 Å². The Morgan fingerprint density at radius 2 is 1.44 bits per heavy atom. The maximum absolute atomic E-state index is 12.3. The summed E-state index contributed by atoms with van der Waals surface area (Å²) in [5.74, 6) is -0.669. The molecule has 18 heavy (non-hydrogen) atoms. The monoisotopic (exact) mass is 306 g/mol. The SMILES string of the molecule is FC(F)(F)SCC(SC(F)(F)F)c1ccccc1. The summed E-state index contributed by atoms with van der Waals surface area (Å²) in [5, 5.41) is -1.27. The highest BCUT2D eigenvalue weighted by atomic mass is 32.2. The van der Waals surface area contributed by atoms with Gasteiger partial charge in [-0.25, -0.2) is 0 Å². The first-order valence-corrected chi connectivity index (χ1v) is 6.54. The van der Waals surface area contributed by atoms with Crippen molar-refractivity contribution in [3.05, 3.63) is 35.9 Å². The van der Waals surface area contributed by atoms with Gasteiger partial charge >= 0.3 is 11.0 Å². The van der Waals surface area contributed by atoms with E-state index in [0.717, 1.165) is 0 Å².